The first-order valence-electron chi connectivity index (χ1n) is 6.06. The quantitative estimate of drug-likeness (QED) is 0.880. The molecule has 0 saturated heterocycles. The molecule has 0 aliphatic heterocycles. The van der Waals surface area contributed by atoms with Crippen molar-refractivity contribution in [2.24, 2.45) is 0 Å². The number of rotatable bonds is 4. The lowest BCUT2D eigenvalue weighted by Crippen LogP contribution is -2.23. The second-order valence-electron chi connectivity index (χ2n) is 4.19. The van der Waals surface area contributed by atoms with Crippen LogP contribution in [0.4, 0.5) is 8.78 Å². The minimum atomic E-state index is -0.473. The minimum absolute atomic E-state index is 0.0665. The smallest absolute Gasteiger partial charge is 0.146 e. The predicted molar refractivity (Wildman–Crippen MR) is 73.3 cm³/mol. The predicted octanol–water partition coefficient (Wildman–Crippen LogP) is 4.32. The summed E-state index contributed by atoms with van der Waals surface area (Å²) < 4.78 is 27.4. The SMILES string of the molecule is CCNC(c1cccc(F)c1)c1cccc(Cl)c1F. The maximum Gasteiger partial charge on any atom is 0.146 e. The van der Waals surface area contributed by atoms with E-state index in [9.17, 15) is 8.78 Å². The number of hydrogen-bond donors (Lipinski definition) is 1. The molecule has 100 valence electrons. The zero-order valence-electron chi connectivity index (χ0n) is 10.5. The standard InChI is InChI=1S/C15H14ClF2N/c1-2-19-15(10-5-3-6-11(17)9-10)12-7-4-8-13(16)14(12)18/h3-9,15,19H,2H2,1H3. The van der Waals surface area contributed by atoms with Gasteiger partial charge in [0.2, 0.25) is 0 Å². The molecule has 0 bridgehead atoms. The summed E-state index contributed by atoms with van der Waals surface area (Å²) in [5, 5.41) is 3.21. The molecular weight excluding hydrogens is 268 g/mol. The Morgan fingerprint density at radius 3 is 2.58 bits per heavy atom. The second-order valence-corrected chi connectivity index (χ2v) is 4.60. The molecular formula is C15H14ClF2N. The highest BCUT2D eigenvalue weighted by Crippen LogP contribution is 2.28. The normalized spacial score (nSPS) is 12.4. The molecule has 0 amide bonds. The molecule has 1 unspecified atom stereocenters. The van der Waals surface area contributed by atoms with Crippen LogP contribution in [0.15, 0.2) is 42.5 Å². The fourth-order valence-corrected chi connectivity index (χ4v) is 2.22. The van der Waals surface area contributed by atoms with Crippen LogP contribution in [0.5, 0.6) is 0 Å². The maximum atomic E-state index is 14.1. The highest BCUT2D eigenvalue weighted by molar-refractivity contribution is 6.30. The van der Waals surface area contributed by atoms with Gasteiger partial charge in [0, 0.05) is 5.56 Å². The second kappa shape index (κ2) is 6.13. The average molecular weight is 282 g/mol. The molecule has 1 nitrogen and oxygen atoms in total. The van der Waals surface area contributed by atoms with Gasteiger partial charge in [0.05, 0.1) is 11.1 Å². The minimum Gasteiger partial charge on any atom is -0.306 e. The summed E-state index contributed by atoms with van der Waals surface area (Å²) in [6.07, 6.45) is 0. The summed E-state index contributed by atoms with van der Waals surface area (Å²) in [7, 11) is 0. The van der Waals surface area contributed by atoms with E-state index in [0.717, 1.165) is 0 Å². The topological polar surface area (TPSA) is 12.0 Å². The van der Waals surface area contributed by atoms with Gasteiger partial charge in [0.25, 0.3) is 0 Å². The third-order valence-corrected chi connectivity index (χ3v) is 3.17. The first-order valence-corrected chi connectivity index (χ1v) is 6.44. The third kappa shape index (κ3) is 3.11. The first kappa shape index (κ1) is 14.0. The molecule has 0 aromatic heterocycles. The Kier molecular flexibility index (Phi) is 4.51. The Hall–Kier alpha value is -1.45. The van der Waals surface area contributed by atoms with Gasteiger partial charge in [-0.15, -0.1) is 0 Å². The highest BCUT2D eigenvalue weighted by atomic mass is 35.5. The maximum absolute atomic E-state index is 14.1. The van der Waals surface area contributed by atoms with Gasteiger partial charge < -0.3 is 5.32 Å². The molecule has 0 fully saturated rings. The van der Waals surface area contributed by atoms with Crippen molar-refractivity contribution < 1.29 is 8.78 Å². The largest absolute Gasteiger partial charge is 0.306 e. The molecule has 2 rings (SSSR count). The average Bonchev–Trinajstić information content (AvgIpc) is 2.40. The molecule has 0 saturated carbocycles. The van der Waals surface area contributed by atoms with Crippen LogP contribution in [0, 0.1) is 11.6 Å². The van der Waals surface area contributed by atoms with Crippen LogP contribution in [0.3, 0.4) is 0 Å². The number of benzene rings is 2. The highest BCUT2D eigenvalue weighted by Gasteiger charge is 2.18. The van der Waals surface area contributed by atoms with Crippen molar-refractivity contribution in [2.75, 3.05) is 6.54 Å². The third-order valence-electron chi connectivity index (χ3n) is 2.88. The van der Waals surface area contributed by atoms with Gasteiger partial charge in [-0.25, -0.2) is 8.78 Å². The van der Waals surface area contributed by atoms with Crippen LogP contribution in [0.1, 0.15) is 24.1 Å². The lowest BCUT2D eigenvalue weighted by atomic mass is 9.98. The van der Waals surface area contributed by atoms with E-state index in [-0.39, 0.29) is 10.8 Å². The van der Waals surface area contributed by atoms with Gasteiger partial charge in [-0.1, -0.05) is 42.8 Å². The Bertz CT molecular complexity index is 572. The van der Waals surface area contributed by atoms with Crippen molar-refractivity contribution in [1.82, 2.24) is 5.32 Å². The van der Waals surface area contributed by atoms with E-state index in [2.05, 4.69) is 5.32 Å². The molecule has 1 N–H and O–H groups in total. The number of halogens is 3. The lowest BCUT2D eigenvalue weighted by Gasteiger charge is -2.20. The van der Waals surface area contributed by atoms with Gasteiger partial charge in [-0.2, -0.15) is 0 Å². The zero-order chi connectivity index (χ0) is 13.8. The molecule has 19 heavy (non-hydrogen) atoms. The van der Waals surface area contributed by atoms with E-state index in [0.29, 0.717) is 17.7 Å². The number of hydrogen-bond acceptors (Lipinski definition) is 1. The Morgan fingerprint density at radius 2 is 1.89 bits per heavy atom. The van der Waals surface area contributed by atoms with Gasteiger partial charge in [-0.3, -0.25) is 0 Å². The van der Waals surface area contributed by atoms with E-state index in [1.54, 1.807) is 24.3 Å². The lowest BCUT2D eigenvalue weighted by molar-refractivity contribution is 0.555. The fourth-order valence-electron chi connectivity index (χ4n) is 2.04. The summed E-state index contributed by atoms with van der Waals surface area (Å²) in [4.78, 5) is 0. The summed E-state index contributed by atoms with van der Waals surface area (Å²) in [6.45, 7) is 2.54. The van der Waals surface area contributed by atoms with Crippen molar-refractivity contribution in [3.63, 3.8) is 0 Å². The van der Waals surface area contributed by atoms with E-state index in [1.165, 1.54) is 18.2 Å². The first-order chi connectivity index (χ1) is 9.13. The van der Waals surface area contributed by atoms with Gasteiger partial charge in [-0.05, 0) is 30.3 Å². The molecule has 2 aromatic rings. The summed E-state index contributed by atoms with van der Waals surface area (Å²) in [5.74, 6) is -0.817. The van der Waals surface area contributed by atoms with Crippen molar-refractivity contribution in [3.05, 3.63) is 70.2 Å². The van der Waals surface area contributed by atoms with E-state index in [1.807, 2.05) is 6.92 Å². The van der Waals surface area contributed by atoms with Crippen LogP contribution in [-0.2, 0) is 0 Å². The molecule has 2 aromatic carbocycles. The molecule has 0 radical (unpaired) electrons. The van der Waals surface area contributed by atoms with Gasteiger partial charge >= 0.3 is 0 Å². The zero-order valence-corrected chi connectivity index (χ0v) is 11.2. The molecule has 0 aliphatic carbocycles. The Morgan fingerprint density at radius 1 is 1.16 bits per heavy atom. The molecule has 4 heteroatoms. The van der Waals surface area contributed by atoms with Crippen molar-refractivity contribution in [1.29, 1.82) is 0 Å². The van der Waals surface area contributed by atoms with Crippen LogP contribution >= 0.6 is 11.6 Å². The van der Waals surface area contributed by atoms with Gasteiger partial charge in [0.1, 0.15) is 11.6 Å². The van der Waals surface area contributed by atoms with Crippen molar-refractivity contribution in [2.45, 2.75) is 13.0 Å². The molecule has 0 heterocycles. The van der Waals surface area contributed by atoms with Gasteiger partial charge in [0.15, 0.2) is 0 Å². The van der Waals surface area contributed by atoms with Crippen LogP contribution < -0.4 is 5.32 Å². The van der Waals surface area contributed by atoms with E-state index in [4.69, 9.17) is 11.6 Å². The van der Waals surface area contributed by atoms with E-state index >= 15 is 0 Å². The summed E-state index contributed by atoms with van der Waals surface area (Å²) >= 11 is 5.80. The van der Waals surface area contributed by atoms with Crippen LogP contribution in [0.2, 0.25) is 5.02 Å². The summed E-state index contributed by atoms with van der Waals surface area (Å²) in [5.41, 5.74) is 1.09. The van der Waals surface area contributed by atoms with Crippen molar-refractivity contribution in [3.8, 4) is 0 Å². The molecule has 0 aliphatic rings. The van der Waals surface area contributed by atoms with E-state index < -0.39 is 11.9 Å². The monoisotopic (exact) mass is 281 g/mol. The van der Waals surface area contributed by atoms with Crippen molar-refractivity contribution >= 4 is 11.6 Å². The Labute approximate surface area is 116 Å². The summed E-state index contributed by atoms with van der Waals surface area (Å²) in [6, 6.07) is 10.5. The van der Waals surface area contributed by atoms with Crippen LogP contribution in [-0.4, -0.2) is 6.54 Å². The number of nitrogens with one attached hydrogen (secondary N) is 1. The molecule has 1 atom stereocenters. The fraction of sp³-hybridized carbons (Fsp3) is 0.200. The Balaban J connectivity index is 2.48. The molecule has 0 spiro atoms. The van der Waals surface area contributed by atoms with Crippen LogP contribution in [0.25, 0.3) is 0 Å².